The number of nitriles is 1. The molecule has 3 heteroatoms. The molecular weight excluding hydrogens is 212 g/mol. The predicted octanol–water partition coefficient (Wildman–Crippen LogP) is 2.34. The summed E-state index contributed by atoms with van der Waals surface area (Å²) >= 11 is 0. The Morgan fingerprint density at radius 1 is 1.29 bits per heavy atom. The SMILES string of the molecule is Cc1cc(C#N)cc(OCCN2CCCC2)c1. The van der Waals surface area contributed by atoms with E-state index in [0.29, 0.717) is 12.2 Å². The van der Waals surface area contributed by atoms with Crippen molar-refractivity contribution in [1.82, 2.24) is 4.90 Å². The van der Waals surface area contributed by atoms with Gasteiger partial charge in [0, 0.05) is 6.54 Å². The molecule has 1 saturated heterocycles. The maximum absolute atomic E-state index is 8.87. The van der Waals surface area contributed by atoms with E-state index in [2.05, 4.69) is 11.0 Å². The lowest BCUT2D eigenvalue weighted by molar-refractivity contribution is 0.237. The molecule has 1 heterocycles. The van der Waals surface area contributed by atoms with Crippen molar-refractivity contribution in [3.05, 3.63) is 29.3 Å². The number of ether oxygens (including phenoxy) is 1. The van der Waals surface area contributed by atoms with E-state index in [1.54, 1.807) is 6.07 Å². The van der Waals surface area contributed by atoms with Crippen LogP contribution in [0.25, 0.3) is 0 Å². The number of hydrogen-bond acceptors (Lipinski definition) is 3. The first-order chi connectivity index (χ1) is 8.28. The Bertz CT molecular complexity index is 417. The summed E-state index contributed by atoms with van der Waals surface area (Å²) in [5, 5.41) is 8.87. The Hall–Kier alpha value is -1.53. The fourth-order valence-corrected chi connectivity index (χ4v) is 2.19. The molecule has 0 unspecified atom stereocenters. The third-order valence-corrected chi connectivity index (χ3v) is 3.05. The normalized spacial score (nSPS) is 15.8. The van der Waals surface area contributed by atoms with E-state index in [-0.39, 0.29) is 0 Å². The van der Waals surface area contributed by atoms with Crippen LogP contribution >= 0.6 is 0 Å². The number of benzene rings is 1. The number of rotatable bonds is 4. The van der Waals surface area contributed by atoms with Crippen LogP contribution in [0.15, 0.2) is 18.2 Å². The standard InChI is InChI=1S/C14H18N2O/c1-12-8-13(11-15)10-14(9-12)17-7-6-16-4-2-3-5-16/h8-10H,2-7H2,1H3. The second-order valence-corrected chi connectivity index (χ2v) is 4.54. The second-order valence-electron chi connectivity index (χ2n) is 4.54. The molecule has 0 N–H and O–H groups in total. The molecule has 3 nitrogen and oxygen atoms in total. The number of nitrogens with zero attached hydrogens (tertiary/aromatic N) is 2. The van der Waals surface area contributed by atoms with Gasteiger partial charge < -0.3 is 4.74 Å². The second kappa shape index (κ2) is 5.70. The Balaban J connectivity index is 1.85. The van der Waals surface area contributed by atoms with Gasteiger partial charge in [0.25, 0.3) is 0 Å². The lowest BCUT2D eigenvalue weighted by Gasteiger charge is -2.15. The molecule has 1 aliphatic heterocycles. The van der Waals surface area contributed by atoms with Crippen LogP contribution in [0.5, 0.6) is 5.75 Å². The number of aryl methyl sites for hydroxylation is 1. The van der Waals surface area contributed by atoms with Crippen LogP contribution in [-0.2, 0) is 0 Å². The summed E-state index contributed by atoms with van der Waals surface area (Å²) in [7, 11) is 0. The first-order valence-corrected chi connectivity index (χ1v) is 6.15. The predicted molar refractivity (Wildman–Crippen MR) is 67.1 cm³/mol. The zero-order chi connectivity index (χ0) is 12.1. The summed E-state index contributed by atoms with van der Waals surface area (Å²) in [6, 6.07) is 7.80. The van der Waals surface area contributed by atoms with Crippen molar-refractivity contribution in [3.8, 4) is 11.8 Å². The van der Waals surface area contributed by atoms with E-state index in [1.165, 1.54) is 25.9 Å². The van der Waals surface area contributed by atoms with E-state index in [1.807, 2.05) is 19.1 Å². The Morgan fingerprint density at radius 2 is 2.06 bits per heavy atom. The minimum atomic E-state index is 0.668. The fraction of sp³-hybridized carbons (Fsp3) is 0.500. The summed E-state index contributed by atoms with van der Waals surface area (Å²) in [5.41, 5.74) is 1.74. The molecule has 1 aliphatic rings. The average molecular weight is 230 g/mol. The molecule has 0 atom stereocenters. The number of hydrogen-bond donors (Lipinski definition) is 0. The quantitative estimate of drug-likeness (QED) is 0.796. The van der Waals surface area contributed by atoms with Crippen molar-refractivity contribution in [3.63, 3.8) is 0 Å². The lowest BCUT2D eigenvalue weighted by Crippen LogP contribution is -2.25. The molecule has 0 radical (unpaired) electrons. The van der Waals surface area contributed by atoms with Crippen LogP contribution in [0.3, 0.4) is 0 Å². The van der Waals surface area contributed by atoms with Gasteiger partial charge in [0.05, 0.1) is 11.6 Å². The van der Waals surface area contributed by atoms with Gasteiger partial charge in [-0.3, -0.25) is 4.90 Å². The molecule has 1 fully saturated rings. The molecule has 2 rings (SSSR count). The van der Waals surface area contributed by atoms with Gasteiger partial charge in [-0.1, -0.05) is 0 Å². The summed E-state index contributed by atoms with van der Waals surface area (Å²) in [6.45, 7) is 6.06. The summed E-state index contributed by atoms with van der Waals surface area (Å²) < 4.78 is 5.70. The van der Waals surface area contributed by atoms with Gasteiger partial charge in [0.2, 0.25) is 0 Å². The van der Waals surface area contributed by atoms with E-state index in [9.17, 15) is 0 Å². The third-order valence-electron chi connectivity index (χ3n) is 3.05. The van der Waals surface area contributed by atoms with E-state index in [4.69, 9.17) is 10.00 Å². The fourth-order valence-electron chi connectivity index (χ4n) is 2.19. The van der Waals surface area contributed by atoms with Crippen LogP contribution in [0.4, 0.5) is 0 Å². The molecule has 0 amide bonds. The smallest absolute Gasteiger partial charge is 0.120 e. The topological polar surface area (TPSA) is 36.3 Å². The van der Waals surface area contributed by atoms with E-state index in [0.717, 1.165) is 17.9 Å². The summed E-state index contributed by atoms with van der Waals surface area (Å²) in [6.07, 6.45) is 2.62. The average Bonchev–Trinajstić information content (AvgIpc) is 2.81. The zero-order valence-corrected chi connectivity index (χ0v) is 10.3. The van der Waals surface area contributed by atoms with Crippen molar-refractivity contribution >= 4 is 0 Å². The molecule has 1 aromatic rings. The molecule has 90 valence electrons. The van der Waals surface area contributed by atoms with E-state index >= 15 is 0 Å². The zero-order valence-electron chi connectivity index (χ0n) is 10.3. The van der Waals surface area contributed by atoms with Crippen LogP contribution < -0.4 is 4.74 Å². The van der Waals surface area contributed by atoms with Crippen molar-refractivity contribution < 1.29 is 4.74 Å². The van der Waals surface area contributed by atoms with Crippen LogP contribution in [0, 0.1) is 18.3 Å². The van der Waals surface area contributed by atoms with Gasteiger partial charge in [-0.25, -0.2) is 0 Å². The van der Waals surface area contributed by atoms with Gasteiger partial charge in [-0.15, -0.1) is 0 Å². The first-order valence-electron chi connectivity index (χ1n) is 6.15. The van der Waals surface area contributed by atoms with Gasteiger partial charge in [-0.05, 0) is 56.6 Å². The summed E-state index contributed by atoms with van der Waals surface area (Å²) in [5.74, 6) is 0.806. The molecule has 1 aromatic carbocycles. The van der Waals surface area contributed by atoms with Gasteiger partial charge in [0.1, 0.15) is 12.4 Å². The first kappa shape index (κ1) is 11.9. The number of likely N-dealkylation sites (tertiary alicyclic amines) is 1. The highest BCUT2D eigenvalue weighted by molar-refractivity contribution is 5.40. The Kier molecular flexibility index (Phi) is 4.00. The van der Waals surface area contributed by atoms with Crippen LogP contribution in [0.1, 0.15) is 24.0 Å². The largest absolute Gasteiger partial charge is 0.492 e. The molecule has 0 bridgehead atoms. The minimum absolute atomic E-state index is 0.668. The lowest BCUT2D eigenvalue weighted by atomic mass is 10.1. The summed E-state index contributed by atoms with van der Waals surface area (Å²) in [4.78, 5) is 2.42. The monoisotopic (exact) mass is 230 g/mol. The molecule has 17 heavy (non-hydrogen) atoms. The maximum atomic E-state index is 8.87. The van der Waals surface area contributed by atoms with Gasteiger partial charge >= 0.3 is 0 Å². The molecule has 0 aliphatic carbocycles. The van der Waals surface area contributed by atoms with Gasteiger partial charge in [0.15, 0.2) is 0 Å². The van der Waals surface area contributed by atoms with Gasteiger partial charge in [-0.2, -0.15) is 5.26 Å². The van der Waals surface area contributed by atoms with Crippen LogP contribution in [-0.4, -0.2) is 31.1 Å². The van der Waals surface area contributed by atoms with Crippen molar-refractivity contribution in [2.45, 2.75) is 19.8 Å². The molecule has 0 spiro atoms. The van der Waals surface area contributed by atoms with Crippen molar-refractivity contribution in [2.24, 2.45) is 0 Å². The Morgan fingerprint density at radius 3 is 2.76 bits per heavy atom. The minimum Gasteiger partial charge on any atom is -0.492 e. The maximum Gasteiger partial charge on any atom is 0.120 e. The highest BCUT2D eigenvalue weighted by atomic mass is 16.5. The molecular formula is C14H18N2O. The van der Waals surface area contributed by atoms with E-state index < -0.39 is 0 Å². The third kappa shape index (κ3) is 3.47. The highest BCUT2D eigenvalue weighted by Gasteiger charge is 2.10. The Labute approximate surface area is 103 Å². The van der Waals surface area contributed by atoms with Crippen LogP contribution in [0.2, 0.25) is 0 Å². The van der Waals surface area contributed by atoms with Crippen molar-refractivity contribution in [2.75, 3.05) is 26.2 Å². The molecule has 0 saturated carbocycles. The molecule has 0 aromatic heterocycles. The highest BCUT2D eigenvalue weighted by Crippen LogP contribution is 2.16. The van der Waals surface area contributed by atoms with Crippen molar-refractivity contribution in [1.29, 1.82) is 5.26 Å².